The van der Waals surface area contributed by atoms with Gasteiger partial charge in [-0.3, -0.25) is 9.69 Å². The summed E-state index contributed by atoms with van der Waals surface area (Å²) >= 11 is 6.60. The van der Waals surface area contributed by atoms with Crippen molar-refractivity contribution in [2.45, 2.75) is 0 Å². The molecule has 0 radical (unpaired) electrons. The molecule has 4 aromatic rings. The van der Waals surface area contributed by atoms with E-state index in [1.165, 1.54) is 22.7 Å². The molecule has 0 bridgehead atoms. The van der Waals surface area contributed by atoms with Crippen LogP contribution in [0.5, 0.6) is 0 Å². The lowest BCUT2D eigenvalue weighted by atomic mass is 9.96. The van der Waals surface area contributed by atoms with Crippen LogP contribution >= 0.6 is 24.0 Å². The monoisotopic (exact) mass is 415 g/mol. The van der Waals surface area contributed by atoms with E-state index in [1.54, 1.807) is 18.2 Å². The van der Waals surface area contributed by atoms with Gasteiger partial charge < -0.3 is 0 Å². The van der Waals surface area contributed by atoms with Crippen LogP contribution in [0.4, 0.5) is 10.1 Å². The van der Waals surface area contributed by atoms with Crippen LogP contribution in [0.2, 0.25) is 0 Å². The van der Waals surface area contributed by atoms with E-state index in [-0.39, 0.29) is 11.6 Å². The first-order valence-electron chi connectivity index (χ1n) is 9.06. The Morgan fingerprint density at radius 1 is 0.862 bits per heavy atom. The molecule has 0 aliphatic carbocycles. The number of carbonyl (C=O) groups excluding carboxylic acids is 1. The van der Waals surface area contributed by atoms with Crippen LogP contribution in [0, 0.1) is 5.82 Å². The van der Waals surface area contributed by atoms with E-state index in [0.29, 0.717) is 9.23 Å². The van der Waals surface area contributed by atoms with E-state index >= 15 is 0 Å². The summed E-state index contributed by atoms with van der Waals surface area (Å²) in [6, 6.07) is 24.5. The number of thiocarbonyl (C=S) groups is 1. The van der Waals surface area contributed by atoms with E-state index in [2.05, 4.69) is 18.2 Å². The molecule has 5 heteroatoms. The number of hydrogen-bond acceptors (Lipinski definition) is 3. The number of rotatable bonds is 2. The third-order valence-electron chi connectivity index (χ3n) is 4.98. The van der Waals surface area contributed by atoms with Gasteiger partial charge in [-0.15, -0.1) is 0 Å². The summed E-state index contributed by atoms with van der Waals surface area (Å²) in [5.74, 6) is -0.775. The molecule has 2 nitrogen and oxygen atoms in total. The van der Waals surface area contributed by atoms with Crippen molar-refractivity contribution >= 4 is 67.5 Å². The molecule has 1 amide bonds. The van der Waals surface area contributed by atoms with E-state index < -0.39 is 5.82 Å². The predicted octanol–water partition coefficient (Wildman–Crippen LogP) is 6.54. The lowest BCUT2D eigenvalue weighted by Crippen LogP contribution is -2.28. The van der Waals surface area contributed by atoms with Crippen molar-refractivity contribution in [1.29, 1.82) is 0 Å². The molecule has 1 aliphatic heterocycles. The Labute approximate surface area is 176 Å². The molecule has 0 saturated carbocycles. The number of carbonyl (C=O) groups is 1. The molecule has 0 aromatic heterocycles. The number of thioether (sulfide) groups is 1. The van der Waals surface area contributed by atoms with Gasteiger partial charge in [0, 0.05) is 0 Å². The summed E-state index contributed by atoms with van der Waals surface area (Å²) < 4.78 is 14.6. The Morgan fingerprint density at radius 2 is 1.45 bits per heavy atom. The fourth-order valence-electron chi connectivity index (χ4n) is 3.64. The number of benzene rings is 4. The molecule has 29 heavy (non-hydrogen) atoms. The van der Waals surface area contributed by atoms with Gasteiger partial charge >= 0.3 is 0 Å². The molecule has 5 rings (SSSR count). The molecule has 140 valence electrons. The third kappa shape index (κ3) is 3.03. The Hall–Kier alpha value is -3.02. The Balaban J connectivity index is 1.69. The molecule has 0 unspecified atom stereocenters. The zero-order valence-electron chi connectivity index (χ0n) is 15.1. The minimum atomic E-state index is -0.472. The average molecular weight is 416 g/mol. The molecule has 0 atom stereocenters. The van der Waals surface area contributed by atoms with Gasteiger partial charge in [0.25, 0.3) is 5.91 Å². The van der Waals surface area contributed by atoms with Gasteiger partial charge in [-0.25, -0.2) is 4.39 Å². The number of amides is 1. The minimum Gasteiger partial charge on any atom is -0.268 e. The van der Waals surface area contributed by atoms with Gasteiger partial charge in [0.1, 0.15) is 5.82 Å². The fraction of sp³-hybridized carbons (Fsp3) is 0. The third-order valence-corrected chi connectivity index (χ3v) is 6.28. The lowest BCUT2D eigenvalue weighted by molar-refractivity contribution is -0.113. The van der Waals surface area contributed by atoms with Crippen LogP contribution in [-0.2, 0) is 4.79 Å². The van der Waals surface area contributed by atoms with Crippen LogP contribution in [-0.4, -0.2) is 10.2 Å². The normalized spacial score (nSPS) is 15.8. The molecular formula is C24H14FNOS2. The predicted molar refractivity (Wildman–Crippen MR) is 124 cm³/mol. The molecule has 1 fully saturated rings. The summed E-state index contributed by atoms with van der Waals surface area (Å²) in [6.45, 7) is 0. The van der Waals surface area contributed by atoms with Gasteiger partial charge in [-0.05, 0) is 51.4 Å². The zero-order chi connectivity index (χ0) is 20.0. The van der Waals surface area contributed by atoms with Gasteiger partial charge in [-0.1, -0.05) is 84.6 Å². The summed E-state index contributed by atoms with van der Waals surface area (Å²) in [7, 11) is 0. The van der Waals surface area contributed by atoms with E-state index in [4.69, 9.17) is 12.2 Å². The number of hydrogen-bond donors (Lipinski definition) is 0. The van der Waals surface area contributed by atoms with E-state index in [9.17, 15) is 9.18 Å². The first-order valence-corrected chi connectivity index (χ1v) is 10.3. The summed E-state index contributed by atoms with van der Waals surface area (Å²) in [4.78, 5) is 14.9. The lowest BCUT2D eigenvalue weighted by Gasteiger charge is -2.15. The van der Waals surface area contributed by atoms with Crippen LogP contribution in [0.25, 0.3) is 27.6 Å². The maximum absolute atomic E-state index is 14.3. The molecule has 0 N–H and O–H groups in total. The van der Waals surface area contributed by atoms with E-state index in [1.807, 2.05) is 42.5 Å². The molecule has 1 saturated heterocycles. The summed E-state index contributed by atoms with van der Waals surface area (Å²) in [6.07, 6.45) is 1.88. The van der Waals surface area contributed by atoms with Crippen molar-refractivity contribution in [2.75, 3.05) is 4.90 Å². The summed E-state index contributed by atoms with van der Waals surface area (Å²) in [5, 5.41) is 4.31. The van der Waals surface area contributed by atoms with Crippen molar-refractivity contribution in [3.63, 3.8) is 0 Å². The summed E-state index contributed by atoms with van der Waals surface area (Å²) in [5.41, 5.74) is 1.15. The van der Waals surface area contributed by atoms with Crippen molar-refractivity contribution in [2.24, 2.45) is 0 Å². The van der Waals surface area contributed by atoms with Crippen molar-refractivity contribution < 1.29 is 9.18 Å². The standard InChI is InChI=1S/C24H14FNOS2/c25-20-11-5-6-12-21(20)26-23(27)22(29-24(26)28)14-19-17-9-3-1-7-15(17)13-16-8-2-4-10-18(16)19/h1-14H/b22-14+. The fourth-order valence-corrected chi connectivity index (χ4v) is 4.91. The zero-order valence-corrected chi connectivity index (χ0v) is 16.8. The Kier molecular flexibility index (Phi) is 4.42. The highest BCUT2D eigenvalue weighted by Crippen LogP contribution is 2.39. The topological polar surface area (TPSA) is 20.3 Å². The van der Waals surface area contributed by atoms with Crippen molar-refractivity contribution in [3.05, 3.63) is 95.1 Å². The number of para-hydroxylation sites is 1. The highest BCUT2D eigenvalue weighted by Gasteiger charge is 2.34. The SMILES string of the molecule is O=C1/C(=C\c2c3ccccc3cc3ccccc23)SC(=S)N1c1ccccc1F. The highest BCUT2D eigenvalue weighted by atomic mass is 32.2. The van der Waals surface area contributed by atoms with Crippen LogP contribution in [0.1, 0.15) is 5.56 Å². The Morgan fingerprint density at radius 3 is 2.10 bits per heavy atom. The second kappa shape index (κ2) is 7.10. The molecule has 1 aliphatic rings. The van der Waals surface area contributed by atoms with Gasteiger partial charge in [0.05, 0.1) is 10.6 Å². The number of nitrogens with zero attached hydrogens (tertiary/aromatic N) is 1. The Bertz CT molecular complexity index is 1290. The van der Waals surface area contributed by atoms with Crippen LogP contribution < -0.4 is 4.90 Å². The number of anilines is 1. The van der Waals surface area contributed by atoms with Gasteiger partial charge in [0.2, 0.25) is 0 Å². The molecule has 0 spiro atoms. The second-order valence-corrected chi connectivity index (χ2v) is 8.38. The smallest absolute Gasteiger partial charge is 0.268 e. The molecular weight excluding hydrogens is 401 g/mol. The van der Waals surface area contributed by atoms with Crippen molar-refractivity contribution in [3.8, 4) is 0 Å². The van der Waals surface area contributed by atoms with Gasteiger partial charge in [0.15, 0.2) is 4.32 Å². The van der Waals surface area contributed by atoms with Crippen molar-refractivity contribution in [1.82, 2.24) is 0 Å². The molecule has 1 heterocycles. The minimum absolute atomic E-state index is 0.182. The quantitative estimate of drug-likeness (QED) is 0.211. The van der Waals surface area contributed by atoms with E-state index in [0.717, 1.165) is 27.1 Å². The first kappa shape index (κ1) is 18.0. The number of fused-ring (bicyclic) bond motifs is 2. The number of halogens is 1. The average Bonchev–Trinajstić information content (AvgIpc) is 3.01. The highest BCUT2D eigenvalue weighted by molar-refractivity contribution is 8.27. The maximum atomic E-state index is 14.3. The van der Waals surface area contributed by atoms with Gasteiger partial charge in [-0.2, -0.15) is 0 Å². The largest absolute Gasteiger partial charge is 0.270 e. The second-order valence-electron chi connectivity index (χ2n) is 6.70. The first-order chi connectivity index (χ1) is 14.1. The van der Waals surface area contributed by atoms with Crippen LogP contribution in [0.3, 0.4) is 0 Å². The molecule has 4 aromatic carbocycles. The maximum Gasteiger partial charge on any atom is 0.270 e. The van der Waals surface area contributed by atoms with Crippen LogP contribution in [0.15, 0.2) is 83.8 Å².